The van der Waals surface area contributed by atoms with Crippen LogP contribution in [-0.2, 0) is 9.47 Å². The van der Waals surface area contributed by atoms with Crippen LogP contribution in [0.1, 0.15) is 47.2 Å². The number of esters is 1. The minimum absolute atomic E-state index is 0.155. The molecular formula is C25H26N2O7. The molecular weight excluding hydrogens is 440 g/mol. The Bertz CT molecular complexity index is 1230. The van der Waals surface area contributed by atoms with Crippen molar-refractivity contribution in [1.82, 2.24) is 9.13 Å². The largest absolute Gasteiger partial charge is 0.454 e. The summed E-state index contributed by atoms with van der Waals surface area (Å²) in [7, 11) is 0. The summed E-state index contributed by atoms with van der Waals surface area (Å²) in [5.74, 6) is -1.44. The minimum atomic E-state index is -1.22. The van der Waals surface area contributed by atoms with Gasteiger partial charge in [-0.15, -0.1) is 0 Å². The number of carbonyl (C=O) groups excluding carboxylic acids is 2. The molecule has 0 saturated heterocycles. The van der Waals surface area contributed by atoms with Crippen LogP contribution in [0.15, 0.2) is 82.5 Å². The lowest BCUT2D eigenvalue weighted by atomic mass is 10.2. The fraction of sp³-hybridized carbons (Fsp3) is 0.280. The second kappa shape index (κ2) is 11.4. The van der Waals surface area contributed by atoms with E-state index in [0.29, 0.717) is 16.6 Å². The molecule has 0 radical (unpaired) electrons. The van der Waals surface area contributed by atoms with E-state index in [1.165, 1.54) is 25.3 Å². The lowest BCUT2D eigenvalue weighted by Crippen LogP contribution is -2.47. The number of hydrogen-bond acceptors (Lipinski definition) is 7. The highest BCUT2D eigenvalue weighted by molar-refractivity contribution is 5.95. The molecule has 0 aliphatic carbocycles. The third-order valence-electron chi connectivity index (χ3n) is 5.20. The molecule has 2 unspecified atom stereocenters. The first-order valence-corrected chi connectivity index (χ1v) is 10.8. The molecule has 1 N–H and O–H groups in total. The fourth-order valence-corrected chi connectivity index (χ4v) is 3.32. The first-order valence-electron chi connectivity index (χ1n) is 10.8. The maximum atomic E-state index is 13.3. The maximum absolute atomic E-state index is 13.3. The molecule has 178 valence electrons. The molecule has 0 fully saturated rings. The van der Waals surface area contributed by atoms with Gasteiger partial charge in [-0.25, -0.2) is 9.59 Å². The van der Waals surface area contributed by atoms with Gasteiger partial charge in [0.25, 0.3) is 11.5 Å². The highest BCUT2D eigenvalue weighted by Crippen LogP contribution is 2.20. The average molecular weight is 466 g/mol. The standard InChI is InChI=1S/C25H26N2O7/c1-3-20(16-28)34-23(17(2)33-24(31)19-12-8-5-9-13-19)26-15-14-21(29)27(25(26)32)22(30)18-10-6-4-7-11-18/h4-15,17,20,23,28H,3,16H2,1-2H3/t17-,20?,23?/m0/s1. The van der Waals surface area contributed by atoms with Gasteiger partial charge in [-0.3, -0.25) is 14.2 Å². The van der Waals surface area contributed by atoms with E-state index in [0.717, 1.165) is 10.6 Å². The van der Waals surface area contributed by atoms with Gasteiger partial charge in [-0.1, -0.05) is 43.3 Å². The predicted molar refractivity (Wildman–Crippen MR) is 124 cm³/mol. The Balaban J connectivity index is 2.02. The number of aliphatic hydroxyl groups is 1. The van der Waals surface area contributed by atoms with Crippen molar-refractivity contribution in [1.29, 1.82) is 0 Å². The highest BCUT2D eigenvalue weighted by atomic mass is 16.6. The van der Waals surface area contributed by atoms with Gasteiger partial charge in [0.2, 0.25) is 0 Å². The molecule has 9 nitrogen and oxygen atoms in total. The summed E-state index contributed by atoms with van der Waals surface area (Å²) in [6.07, 6.45) is -1.32. The van der Waals surface area contributed by atoms with Crippen LogP contribution in [0.5, 0.6) is 0 Å². The van der Waals surface area contributed by atoms with Crippen molar-refractivity contribution in [3.05, 3.63) is 105 Å². The van der Waals surface area contributed by atoms with Gasteiger partial charge >= 0.3 is 11.7 Å². The summed E-state index contributed by atoms with van der Waals surface area (Å²) in [4.78, 5) is 51.3. The third kappa shape index (κ3) is 5.56. The van der Waals surface area contributed by atoms with Crippen LogP contribution in [-0.4, -0.2) is 44.9 Å². The molecule has 0 saturated carbocycles. The van der Waals surface area contributed by atoms with Crippen molar-refractivity contribution in [2.24, 2.45) is 0 Å². The number of carbonyl (C=O) groups is 2. The first-order chi connectivity index (χ1) is 16.4. The Morgan fingerprint density at radius 1 is 0.941 bits per heavy atom. The minimum Gasteiger partial charge on any atom is -0.454 e. The van der Waals surface area contributed by atoms with E-state index in [9.17, 15) is 24.3 Å². The molecule has 0 aliphatic rings. The summed E-state index contributed by atoms with van der Waals surface area (Å²) < 4.78 is 13.0. The van der Waals surface area contributed by atoms with Gasteiger partial charge in [-0.2, -0.15) is 4.57 Å². The zero-order valence-corrected chi connectivity index (χ0v) is 18.9. The number of hydrogen-bond donors (Lipinski definition) is 1. The number of rotatable bonds is 9. The van der Waals surface area contributed by atoms with Gasteiger partial charge < -0.3 is 14.6 Å². The Hall–Kier alpha value is -3.82. The van der Waals surface area contributed by atoms with E-state index < -0.39 is 41.6 Å². The Morgan fingerprint density at radius 2 is 1.53 bits per heavy atom. The Labute approximate surface area is 195 Å². The van der Waals surface area contributed by atoms with Crippen LogP contribution in [0.3, 0.4) is 0 Å². The summed E-state index contributed by atoms with van der Waals surface area (Å²) in [6.45, 7) is 2.96. The van der Waals surface area contributed by atoms with Crippen LogP contribution >= 0.6 is 0 Å². The summed E-state index contributed by atoms with van der Waals surface area (Å²) >= 11 is 0. The van der Waals surface area contributed by atoms with E-state index in [4.69, 9.17) is 9.47 Å². The second-order valence-corrected chi connectivity index (χ2v) is 7.57. The lowest BCUT2D eigenvalue weighted by molar-refractivity contribution is -0.130. The molecule has 0 aliphatic heterocycles. The molecule has 3 atom stereocenters. The number of aliphatic hydroxyl groups excluding tert-OH is 1. The zero-order valence-electron chi connectivity index (χ0n) is 18.9. The molecule has 2 aromatic carbocycles. The number of benzene rings is 2. The van der Waals surface area contributed by atoms with E-state index in [1.54, 1.807) is 55.5 Å². The van der Waals surface area contributed by atoms with E-state index >= 15 is 0 Å². The van der Waals surface area contributed by atoms with Crippen molar-refractivity contribution in [3.63, 3.8) is 0 Å². The monoisotopic (exact) mass is 466 g/mol. The predicted octanol–water partition coefficient (Wildman–Crippen LogP) is 2.23. The molecule has 0 amide bonds. The van der Waals surface area contributed by atoms with Gasteiger partial charge in [0.1, 0.15) is 6.10 Å². The number of nitrogens with zero attached hydrogens (tertiary/aromatic N) is 2. The maximum Gasteiger partial charge on any atom is 0.340 e. The van der Waals surface area contributed by atoms with Crippen molar-refractivity contribution < 1.29 is 24.2 Å². The average Bonchev–Trinajstić information content (AvgIpc) is 2.86. The first kappa shape index (κ1) is 24.8. The van der Waals surface area contributed by atoms with Gasteiger partial charge in [-0.05, 0) is 37.6 Å². The quantitative estimate of drug-likeness (QED) is 0.481. The smallest absolute Gasteiger partial charge is 0.340 e. The van der Waals surface area contributed by atoms with Crippen molar-refractivity contribution in [3.8, 4) is 0 Å². The number of ether oxygens (including phenoxy) is 2. The van der Waals surface area contributed by atoms with Gasteiger partial charge in [0.15, 0.2) is 6.23 Å². The molecule has 1 heterocycles. The third-order valence-corrected chi connectivity index (χ3v) is 5.20. The topological polar surface area (TPSA) is 117 Å². The molecule has 1 aromatic heterocycles. The van der Waals surface area contributed by atoms with Crippen LogP contribution < -0.4 is 11.2 Å². The van der Waals surface area contributed by atoms with E-state index in [2.05, 4.69) is 0 Å². The van der Waals surface area contributed by atoms with Crippen molar-refractivity contribution in [2.75, 3.05) is 6.61 Å². The number of aromatic nitrogens is 2. The highest BCUT2D eigenvalue weighted by Gasteiger charge is 2.29. The SMILES string of the molecule is CCC(CO)OC([C@H](C)OC(=O)c1ccccc1)n1ccc(=O)n(C(=O)c2ccccc2)c1=O. The summed E-state index contributed by atoms with van der Waals surface area (Å²) in [5.41, 5.74) is -1.31. The summed E-state index contributed by atoms with van der Waals surface area (Å²) in [6, 6.07) is 17.3. The Kier molecular flexibility index (Phi) is 8.29. The molecule has 0 spiro atoms. The second-order valence-electron chi connectivity index (χ2n) is 7.57. The normalized spacial score (nSPS) is 13.6. The zero-order chi connectivity index (χ0) is 24.7. The van der Waals surface area contributed by atoms with Crippen LogP contribution in [0, 0.1) is 0 Å². The molecule has 3 aromatic rings. The lowest BCUT2D eigenvalue weighted by Gasteiger charge is -2.29. The molecule has 3 rings (SSSR count). The molecule has 0 bridgehead atoms. The Morgan fingerprint density at radius 3 is 2.09 bits per heavy atom. The molecule has 9 heteroatoms. The van der Waals surface area contributed by atoms with Crippen LogP contribution in [0.2, 0.25) is 0 Å². The van der Waals surface area contributed by atoms with E-state index in [1.807, 2.05) is 0 Å². The van der Waals surface area contributed by atoms with Crippen LogP contribution in [0.4, 0.5) is 0 Å². The summed E-state index contributed by atoms with van der Waals surface area (Å²) in [5, 5.41) is 9.64. The van der Waals surface area contributed by atoms with Crippen molar-refractivity contribution in [2.45, 2.75) is 38.7 Å². The van der Waals surface area contributed by atoms with Gasteiger partial charge in [0.05, 0.1) is 18.3 Å². The molecule has 34 heavy (non-hydrogen) atoms. The van der Waals surface area contributed by atoms with Gasteiger partial charge in [0, 0.05) is 17.8 Å². The fourth-order valence-electron chi connectivity index (χ4n) is 3.32. The van der Waals surface area contributed by atoms with Crippen LogP contribution in [0.25, 0.3) is 0 Å². The van der Waals surface area contributed by atoms with E-state index in [-0.39, 0.29) is 12.2 Å². The van der Waals surface area contributed by atoms with Crippen molar-refractivity contribution >= 4 is 11.9 Å².